The molecule has 92 valence electrons. The lowest BCUT2D eigenvalue weighted by Gasteiger charge is -2.09. The summed E-state index contributed by atoms with van der Waals surface area (Å²) in [6, 6.07) is 0. The molecule has 0 aromatic rings. The Hall–Kier alpha value is -0.520. The van der Waals surface area contributed by atoms with Gasteiger partial charge in [0, 0.05) is 0 Å². The minimum atomic E-state index is 0. The Kier molecular flexibility index (Phi) is 15.4. The summed E-state index contributed by atoms with van der Waals surface area (Å²) in [5.74, 6) is 1.26. The second kappa shape index (κ2) is 11.6. The van der Waals surface area contributed by atoms with Crippen molar-refractivity contribution >= 4 is 0 Å². The van der Waals surface area contributed by atoms with E-state index >= 15 is 0 Å². The highest BCUT2D eigenvalue weighted by Crippen LogP contribution is 2.15. The monoisotopic (exact) mass is 212 g/mol. The largest absolute Gasteiger partial charge is 0.0825 e. The number of rotatable bonds is 3. The molecule has 0 saturated heterocycles. The predicted molar refractivity (Wildman–Crippen MR) is 75.3 cm³/mol. The molecule has 0 aromatic heterocycles. The molecule has 1 unspecified atom stereocenters. The highest BCUT2D eigenvalue weighted by atomic mass is 14.1. The molecule has 0 heteroatoms. The quantitative estimate of drug-likeness (QED) is 0.514. The van der Waals surface area contributed by atoms with Gasteiger partial charge in [-0.2, -0.15) is 0 Å². The zero-order valence-corrected chi connectivity index (χ0v) is 11.3. The summed E-state index contributed by atoms with van der Waals surface area (Å²) >= 11 is 0. The molecule has 0 fully saturated rings. The fraction of sp³-hybridized carbons (Fsp3) is 0.733. The third kappa shape index (κ3) is 13.5. The average molecular weight is 212 g/mol. The molecular formula is C15H32. The molecule has 0 spiro atoms. The molecule has 15 heavy (non-hydrogen) atoms. The van der Waals surface area contributed by atoms with Crippen LogP contribution in [0.3, 0.4) is 0 Å². The van der Waals surface area contributed by atoms with E-state index in [1.165, 1.54) is 11.1 Å². The molecule has 0 aliphatic heterocycles. The van der Waals surface area contributed by atoms with Crippen LogP contribution in [-0.4, -0.2) is 0 Å². The van der Waals surface area contributed by atoms with Crippen LogP contribution >= 0.6 is 0 Å². The van der Waals surface area contributed by atoms with Crippen molar-refractivity contribution in [2.45, 2.75) is 62.8 Å². The molecule has 0 saturated carbocycles. The van der Waals surface area contributed by atoms with Crippen molar-refractivity contribution in [2.24, 2.45) is 11.8 Å². The van der Waals surface area contributed by atoms with Crippen LogP contribution in [0.4, 0.5) is 0 Å². The Balaban J connectivity index is -0.000000449. The van der Waals surface area contributed by atoms with Crippen molar-refractivity contribution in [3.05, 3.63) is 23.3 Å². The van der Waals surface area contributed by atoms with Crippen LogP contribution < -0.4 is 0 Å². The van der Waals surface area contributed by atoms with Crippen molar-refractivity contribution in [2.75, 3.05) is 0 Å². The molecule has 0 nitrogen and oxygen atoms in total. The summed E-state index contributed by atoms with van der Waals surface area (Å²) in [5, 5.41) is 0. The average Bonchev–Trinajstić information content (AvgIpc) is 2.05. The Bertz CT molecular complexity index is 178. The van der Waals surface area contributed by atoms with Gasteiger partial charge in [0.1, 0.15) is 0 Å². The third-order valence-electron chi connectivity index (χ3n) is 1.90. The predicted octanol–water partition coefficient (Wildman–Crippen LogP) is 5.85. The minimum Gasteiger partial charge on any atom is -0.0825 e. The molecule has 0 heterocycles. The van der Waals surface area contributed by atoms with E-state index < -0.39 is 0 Å². The van der Waals surface area contributed by atoms with E-state index in [1.807, 2.05) is 13.8 Å². The van der Waals surface area contributed by atoms with Crippen LogP contribution in [0.25, 0.3) is 0 Å². The van der Waals surface area contributed by atoms with Gasteiger partial charge in [-0.1, -0.05) is 65.3 Å². The van der Waals surface area contributed by atoms with Crippen LogP contribution in [0.15, 0.2) is 23.3 Å². The Morgan fingerprint density at radius 3 is 1.53 bits per heavy atom. The lowest BCUT2D eigenvalue weighted by molar-refractivity contribution is 0.775. The van der Waals surface area contributed by atoms with Gasteiger partial charge < -0.3 is 0 Å². The van der Waals surface area contributed by atoms with E-state index in [1.54, 1.807) is 0 Å². The van der Waals surface area contributed by atoms with Crippen molar-refractivity contribution < 1.29 is 0 Å². The first-order valence-electron chi connectivity index (χ1n) is 5.76. The summed E-state index contributed by atoms with van der Waals surface area (Å²) in [6.07, 6.45) is 4.65. The summed E-state index contributed by atoms with van der Waals surface area (Å²) in [4.78, 5) is 0. The first-order chi connectivity index (χ1) is 6.43. The summed E-state index contributed by atoms with van der Waals surface area (Å²) in [5.41, 5.74) is 2.88. The molecular weight excluding hydrogens is 180 g/mol. The highest BCUT2D eigenvalue weighted by Gasteiger charge is 2.00. The second-order valence-corrected chi connectivity index (χ2v) is 4.19. The lowest BCUT2D eigenvalue weighted by Crippen LogP contribution is -1.94. The molecule has 0 radical (unpaired) electrons. The maximum Gasteiger partial charge on any atom is -0.00519 e. The van der Waals surface area contributed by atoms with Crippen molar-refractivity contribution in [1.82, 2.24) is 0 Å². The first-order valence-corrected chi connectivity index (χ1v) is 5.76. The molecule has 0 aliphatic carbocycles. The lowest BCUT2D eigenvalue weighted by atomic mass is 9.97. The van der Waals surface area contributed by atoms with Gasteiger partial charge in [-0.25, -0.2) is 0 Å². The SMILES string of the molecule is C.CC.CC(C)=CC(C)/C(C)=C\C(C)C. The van der Waals surface area contributed by atoms with Gasteiger partial charge in [0.2, 0.25) is 0 Å². The van der Waals surface area contributed by atoms with Gasteiger partial charge in [0.05, 0.1) is 0 Å². The topological polar surface area (TPSA) is 0 Å². The smallest absolute Gasteiger partial charge is 0.00519 e. The molecule has 0 N–H and O–H groups in total. The number of allylic oxidation sites excluding steroid dienone is 4. The molecule has 0 aromatic carbocycles. The Labute approximate surface area is 98.5 Å². The van der Waals surface area contributed by atoms with E-state index in [9.17, 15) is 0 Å². The fourth-order valence-corrected chi connectivity index (χ4v) is 1.31. The van der Waals surface area contributed by atoms with Gasteiger partial charge in [-0.3, -0.25) is 0 Å². The molecule has 1 atom stereocenters. The molecule has 0 bridgehead atoms. The third-order valence-corrected chi connectivity index (χ3v) is 1.90. The number of hydrogen-bond acceptors (Lipinski definition) is 0. The van der Waals surface area contributed by atoms with Crippen LogP contribution in [0.2, 0.25) is 0 Å². The molecule has 0 rings (SSSR count). The van der Waals surface area contributed by atoms with E-state index in [0.29, 0.717) is 11.8 Å². The molecule has 0 amide bonds. The second-order valence-electron chi connectivity index (χ2n) is 4.19. The zero-order chi connectivity index (χ0) is 11.7. The first kappa shape index (κ1) is 20.0. The Morgan fingerprint density at radius 1 is 0.867 bits per heavy atom. The van der Waals surface area contributed by atoms with Gasteiger partial charge in [-0.15, -0.1) is 0 Å². The zero-order valence-electron chi connectivity index (χ0n) is 11.3. The fourth-order valence-electron chi connectivity index (χ4n) is 1.31. The van der Waals surface area contributed by atoms with Crippen molar-refractivity contribution in [3.8, 4) is 0 Å². The van der Waals surface area contributed by atoms with E-state index in [2.05, 4.69) is 53.7 Å². The molecule has 0 aliphatic rings. The standard InChI is InChI=1S/C12H22.C2H6.CH4/c1-9(2)7-11(5)12(6)8-10(3)4;1-2;/h7-9,12H,1-6H3;1-2H3;1H4/b11-7-;;. The van der Waals surface area contributed by atoms with Crippen LogP contribution in [0.5, 0.6) is 0 Å². The number of hydrogen-bond donors (Lipinski definition) is 0. The van der Waals surface area contributed by atoms with E-state index in [4.69, 9.17) is 0 Å². The van der Waals surface area contributed by atoms with E-state index in [0.717, 1.165) is 0 Å². The minimum absolute atomic E-state index is 0. The maximum atomic E-state index is 2.34. The summed E-state index contributed by atoms with van der Waals surface area (Å²) in [7, 11) is 0. The van der Waals surface area contributed by atoms with Gasteiger partial charge >= 0.3 is 0 Å². The van der Waals surface area contributed by atoms with Crippen LogP contribution in [0.1, 0.15) is 62.8 Å². The summed E-state index contributed by atoms with van der Waals surface area (Å²) < 4.78 is 0. The highest BCUT2D eigenvalue weighted by molar-refractivity contribution is 5.12. The summed E-state index contributed by atoms with van der Waals surface area (Å²) in [6.45, 7) is 17.2. The van der Waals surface area contributed by atoms with Gasteiger partial charge in [0.25, 0.3) is 0 Å². The normalized spacial score (nSPS) is 12.2. The van der Waals surface area contributed by atoms with Crippen LogP contribution in [-0.2, 0) is 0 Å². The Morgan fingerprint density at radius 2 is 1.27 bits per heavy atom. The maximum absolute atomic E-state index is 2.34. The van der Waals surface area contributed by atoms with E-state index in [-0.39, 0.29) is 7.43 Å². The van der Waals surface area contributed by atoms with Gasteiger partial charge in [0.15, 0.2) is 0 Å². The van der Waals surface area contributed by atoms with Crippen molar-refractivity contribution in [1.29, 1.82) is 0 Å². The van der Waals surface area contributed by atoms with Crippen LogP contribution in [0, 0.1) is 11.8 Å². The van der Waals surface area contributed by atoms with Crippen molar-refractivity contribution in [3.63, 3.8) is 0 Å². The van der Waals surface area contributed by atoms with Gasteiger partial charge in [-0.05, 0) is 32.6 Å².